The molecule has 0 saturated heterocycles. The molecule has 2 N–H and O–H groups in total. The van der Waals surface area contributed by atoms with Gasteiger partial charge in [-0.3, -0.25) is 4.57 Å². The zero-order chi connectivity index (χ0) is 12.1. The van der Waals surface area contributed by atoms with Gasteiger partial charge >= 0.3 is 8.25 Å². The standard InChI is InChI=1S/C8H17N3.H3O3P/c1-4-9-8-10-6-5-7-11(2)3;1-4(2)3/h4-7H2,1-3H3;4H,(H2,1,2,3). The van der Waals surface area contributed by atoms with Crippen LogP contribution in [0, 0.1) is 0 Å². The molecule has 0 saturated carbocycles. The molecule has 0 rings (SSSR count). The van der Waals surface area contributed by atoms with E-state index in [2.05, 4.69) is 35.0 Å². The summed E-state index contributed by atoms with van der Waals surface area (Å²) in [5.41, 5.74) is 0. The third-order valence-corrected chi connectivity index (χ3v) is 1.17. The van der Waals surface area contributed by atoms with Gasteiger partial charge in [-0.15, -0.1) is 0 Å². The zero-order valence-electron chi connectivity index (χ0n) is 9.47. The van der Waals surface area contributed by atoms with Crippen LogP contribution in [0.5, 0.6) is 0 Å². The van der Waals surface area contributed by atoms with Gasteiger partial charge < -0.3 is 14.7 Å². The van der Waals surface area contributed by atoms with Crippen LogP contribution in [-0.4, -0.2) is 54.4 Å². The van der Waals surface area contributed by atoms with Crippen molar-refractivity contribution in [2.75, 3.05) is 33.7 Å². The van der Waals surface area contributed by atoms with E-state index in [0.717, 1.165) is 26.1 Å². The SMILES string of the molecule is CCN=C=NCCCN(C)C.O=[PH](O)O. The number of hydrogen-bond donors (Lipinski definition) is 2. The van der Waals surface area contributed by atoms with Crippen LogP contribution in [0.2, 0.25) is 0 Å². The third-order valence-electron chi connectivity index (χ3n) is 1.17. The van der Waals surface area contributed by atoms with Gasteiger partial charge in [0.05, 0.1) is 12.6 Å². The molecule has 7 heteroatoms. The van der Waals surface area contributed by atoms with Crippen molar-refractivity contribution in [1.82, 2.24) is 4.90 Å². The summed E-state index contributed by atoms with van der Waals surface area (Å²) in [7, 11) is 0.989. The summed E-state index contributed by atoms with van der Waals surface area (Å²) in [6, 6.07) is 2.64. The van der Waals surface area contributed by atoms with Crippen LogP contribution in [-0.2, 0) is 4.57 Å². The fourth-order valence-electron chi connectivity index (χ4n) is 0.637. The first-order chi connectivity index (χ1) is 7.00. The molecule has 0 aliphatic rings. The third kappa shape index (κ3) is 31.7. The van der Waals surface area contributed by atoms with Gasteiger partial charge in [-0.2, -0.15) is 0 Å². The van der Waals surface area contributed by atoms with Crippen molar-refractivity contribution in [3.63, 3.8) is 0 Å². The maximum absolute atomic E-state index is 8.74. The van der Waals surface area contributed by atoms with Gasteiger partial charge in [-0.25, -0.2) is 9.98 Å². The van der Waals surface area contributed by atoms with E-state index in [1.807, 2.05) is 6.92 Å². The van der Waals surface area contributed by atoms with Crippen LogP contribution in [0.25, 0.3) is 0 Å². The number of aliphatic imine (C=N–C) groups is 2. The Labute approximate surface area is 91.3 Å². The number of hydrogen-bond acceptors (Lipinski definition) is 4. The Bertz CT molecular complexity index is 211. The molecule has 0 aromatic rings. The molecule has 6 nitrogen and oxygen atoms in total. The Morgan fingerprint density at radius 1 is 1.33 bits per heavy atom. The molecule has 0 spiro atoms. The molecule has 0 unspecified atom stereocenters. The van der Waals surface area contributed by atoms with Crippen LogP contribution in [0.4, 0.5) is 0 Å². The molecule has 0 aliphatic heterocycles. The van der Waals surface area contributed by atoms with Gasteiger partial charge in [0, 0.05) is 6.54 Å². The first-order valence-electron chi connectivity index (χ1n) is 4.65. The fourth-order valence-corrected chi connectivity index (χ4v) is 0.637. The molecule has 0 heterocycles. The summed E-state index contributed by atoms with van der Waals surface area (Å²) >= 11 is 0. The minimum absolute atomic E-state index is 0.775. The number of rotatable bonds is 5. The van der Waals surface area contributed by atoms with Crippen LogP contribution >= 0.6 is 8.25 Å². The topological polar surface area (TPSA) is 85.5 Å². The van der Waals surface area contributed by atoms with E-state index in [4.69, 9.17) is 14.4 Å². The van der Waals surface area contributed by atoms with Gasteiger partial charge in [-0.1, -0.05) is 0 Å². The molecule has 0 fully saturated rings. The van der Waals surface area contributed by atoms with Crippen molar-refractivity contribution in [2.45, 2.75) is 13.3 Å². The van der Waals surface area contributed by atoms with Crippen molar-refractivity contribution in [2.24, 2.45) is 9.98 Å². The summed E-state index contributed by atoms with van der Waals surface area (Å²) in [4.78, 5) is 24.3. The Kier molecular flexibility index (Phi) is 15.2. The average Bonchev–Trinajstić information content (AvgIpc) is 2.09. The summed E-state index contributed by atoms with van der Waals surface area (Å²) in [5.74, 6) is 0. The zero-order valence-corrected chi connectivity index (χ0v) is 10.5. The second kappa shape index (κ2) is 13.5. The molecule has 0 bridgehead atoms. The molecule has 15 heavy (non-hydrogen) atoms. The van der Waals surface area contributed by atoms with Crippen LogP contribution in [0.3, 0.4) is 0 Å². The highest BCUT2D eigenvalue weighted by Gasteiger charge is 1.86. The minimum atomic E-state index is -3.13. The molecule has 0 aliphatic carbocycles. The molecule has 0 amide bonds. The highest BCUT2D eigenvalue weighted by molar-refractivity contribution is 7.30. The lowest BCUT2D eigenvalue weighted by Crippen LogP contribution is -2.13. The molecule has 90 valence electrons. The Balaban J connectivity index is 0. The van der Waals surface area contributed by atoms with E-state index in [0.29, 0.717) is 0 Å². The second-order valence-corrected chi connectivity index (χ2v) is 3.46. The monoisotopic (exact) mass is 237 g/mol. The lowest BCUT2D eigenvalue weighted by molar-refractivity contribution is 0.403. The van der Waals surface area contributed by atoms with Gasteiger partial charge in [0.1, 0.15) is 0 Å². The van der Waals surface area contributed by atoms with Crippen molar-refractivity contribution in [3.8, 4) is 0 Å². The van der Waals surface area contributed by atoms with E-state index in [-0.39, 0.29) is 0 Å². The van der Waals surface area contributed by atoms with E-state index in [9.17, 15) is 0 Å². The summed E-state index contributed by atoms with van der Waals surface area (Å²) in [6.45, 7) is 4.67. The predicted molar refractivity (Wildman–Crippen MR) is 61.9 cm³/mol. The highest BCUT2D eigenvalue weighted by Crippen LogP contribution is 1.98. The highest BCUT2D eigenvalue weighted by atomic mass is 31.1. The molecular weight excluding hydrogens is 217 g/mol. The van der Waals surface area contributed by atoms with Crippen molar-refractivity contribution < 1.29 is 14.4 Å². The number of nitrogens with zero attached hydrogens (tertiary/aromatic N) is 3. The smallest absolute Gasteiger partial charge is 0.314 e. The quantitative estimate of drug-likeness (QED) is 0.414. The van der Waals surface area contributed by atoms with Crippen LogP contribution in [0.15, 0.2) is 9.98 Å². The first-order valence-corrected chi connectivity index (χ1v) is 5.95. The van der Waals surface area contributed by atoms with Gasteiger partial charge in [-0.05, 0) is 34.0 Å². The maximum Gasteiger partial charge on any atom is 0.314 e. The van der Waals surface area contributed by atoms with Gasteiger partial charge in [0.2, 0.25) is 0 Å². The van der Waals surface area contributed by atoms with Crippen LogP contribution in [0.1, 0.15) is 13.3 Å². The molecule has 0 aromatic carbocycles. The molecule has 0 aromatic heterocycles. The lowest BCUT2D eigenvalue weighted by Gasteiger charge is -2.05. The van der Waals surface area contributed by atoms with Crippen molar-refractivity contribution in [1.29, 1.82) is 0 Å². The molecule has 0 atom stereocenters. The predicted octanol–water partition coefficient (Wildman–Crippen LogP) is 0.493. The molecular formula is C8H20N3O3P. The van der Waals surface area contributed by atoms with Gasteiger partial charge in [0.25, 0.3) is 0 Å². The largest absolute Gasteiger partial charge is 0.326 e. The Hall–Kier alpha value is -0.510. The fraction of sp³-hybridized carbons (Fsp3) is 0.875. The maximum atomic E-state index is 8.74. The second-order valence-electron chi connectivity index (χ2n) is 2.90. The normalized spacial score (nSPS) is 9.27. The van der Waals surface area contributed by atoms with E-state index in [1.165, 1.54) is 0 Å². The Morgan fingerprint density at radius 2 is 1.87 bits per heavy atom. The lowest BCUT2D eigenvalue weighted by atomic mass is 10.4. The minimum Gasteiger partial charge on any atom is -0.326 e. The van der Waals surface area contributed by atoms with E-state index in [1.54, 1.807) is 0 Å². The van der Waals surface area contributed by atoms with Crippen molar-refractivity contribution >= 4 is 14.3 Å². The van der Waals surface area contributed by atoms with Crippen molar-refractivity contribution in [3.05, 3.63) is 0 Å². The average molecular weight is 237 g/mol. The first kappa shape index (κ1) is 16.9. The summed E-state index contributed by atoms with van der Waals surface area (Å²) in [6.07, 6.45) is 1.08. The summed E-state index contributed by atoms with van der Waals surface area (Å²) < 4.78 is 8.74. The van der Waals surface area contributed by atoms with E-state index >= 15 is 0 Å². The van der Waals surface area contributed by atoms with Gasteiger partial charge in [0.15, 0.2) is 0 Å². The molecule has 0 radical (unpaired) electrons. The van der Waals surface area contributed by atoms with Crippen LogP contribution < -0.4 is 0 Å². The Morgan fingerprint density at radius 3 is 2.27 bits per heavy atom. The summed E-state index contributed by atoms with van der Waals surface area (Å²) in [5, 5.41) is 0. The van der Waals surface area contributed by atoms with E-state index < -0.39 is 8.25 Å².